The molecule has 0 aliphatic carbocycles. The highest BCUT2D eigenvalue weighted by molar-refractivity contribution is 7.99. The topological polar surface area (TPSA) is 93.0 Å². The second-order valence-electron chi connectivity index (χ2n) is 4.52. The van der Waals surface area contributed by atoms with E-state index in [2.05, 4.69) is 20.0 Å². The number of anilines is 2. The molecule has 0 saturated carbocycles. The number of nitrogens with zero attached hydrogens (tertiary/aromatic N) is 1. The van der Waals surface area contributed by atoms with E-state index in [0.717, 1.165) is 26.5 Å². The normalized spacial score (nSPS) is 10.6. The van der Waals surface area contributed by atoms with Crippen LogP contribution in [-0.4, -0.2) is 23.2 Å². The Bertz CT molecular complexity index is 831. The molecule has 112 valence electrons. The molecule has 0 unspecified atom stereocenters. The molecule has 7 heteroatoms. The predicted molar refractivity (Wildman–Crippen MR) is 87.1 cm³/mol. The number of imidazole rings is 1. The van der Waals surface area contributed by atoms with Gasteiger partial charge in [-0.05, 0) is 30.3 Å². The minimum absolute atomic E-state index is 0.350. The number of benzene rings is 2. The number of amides is 1. The number of fused-ring (bicyclic) bond motifs is 1. The first-order chi connectivity index (χ1) is 10.7. The van der Waals surface area contributed by atoms with E-state index < -0.39 is 6.09 Å². The number of rotatable bonds is 3. The van der Waals surface area contributed by atoms with Crippen LogP contribution >= 0.6 is 11.8 Å². The summed E-state index contributed by atoms with van der Waals surface area (Å²) >= 11 is 1.57. The Morgan fingerprint density at radius 3 is 2.91 bits per heavy atom. The minimum atomic E-state index is -0.564. The fraction of sp³-hybridized carbons (Fsp3) is 0.0667. The fourth-order valence-electron chi connectivity index (χ4n) is 1.96. The lowest BCUT2D eigenvalue weighted by molar-refractivity contribution is 0.186. The summed E-state index contributed by atoms with van der Waals surface area (Å²) in [4.78, 5) is 20.5. The molecule has 2 aromatic carbocycles. The molecule has 0 radical (unpaired) electrons. The highest BCUT2D eigenvalue weighted by Crippen LogP contribution is 2.33. The predicted octanol–water partition coefficient (Wildman–Crippen LogP) is 3.47. The van der Waals surface area contributed by atoms with Crippen molar-refractivity contribution >= 4 is 40.5 Å². The Balaban J connectivity index is 1.86. The van der Waals surface area contributed by atoms with Gasteiger partial charge >= 0.3 is 6.09 Å². The first-order valence-electron chi connectivity index (χ1n) is 6.53. The maximum absolute atomic E-state index is 11.2. The van der Waals surface area contributed by atoms with E-state index in [-0.39, 0.29) is 0 Å². The molecule has 0 bridgehead atoms. The lowest BCUT2D eigenvalue weighted by Crippen LogP contribution is -2.11. The molecule has 6 nitrogen and oxygen atoms in total. The van der Waals surface area contributed by atoms with Crippen LogP contribution < -0.4 is 11.1 Å². The molecule has 0 aliphatic rings. The minimum Gasteiger partial charge on any atom is -0.453 e. The van der Waals surface area contributed by atoms with Crippen LogP contribution in [0.1, 0.15) is 0 Å². The lowest BCUT2D eigenvalue weighted by Gasteiger charge is -2.04. The maximum atomic E-state index is 11.2. The van der Waals surface area contributed by atoms with Gasteiger partial charge in [-0.25, -0.2) is 9.78 Å². The van der Waals surface area contributed by atoms with Gasteiger partial charge in [0, 0.05) is 15.5 Å². The number of methoxy groups -OCH3 is 1. The van der Waals surface area contributed by atoms with Gasteiger partial charge in [0.2, 0.25) is 5.95 Å². The number of hydrogen-bond acceptors (Lipinski definition) is 5. The van der Waals surface area contributed by atoms with Crippen molar-refractivity contribution in [3.8, 4) is 0 Å². The number of para-hydroxylation sites is 1. The first-order valence-corrected chi connectivity index (χ1v) is 7.34. The van der Waals surface area contributed by atoms with E-state index in [9.17, 15) is 4.79 Å². The van der Waals surface area contributed by atoms with Crippen molar-refractivity contribution < 1.29 is 9.53 Å². The van der Waals surface area contributed by atoms with Crippen LogP contribution in [0.2, 0.25) is 0 Å². The number of nitrogens with one attached hydrogen (secondary N) is 2. The summed E-state index contributed by atoms with van der Waals surface area (Å²) in [5, 5.41) is 2.50. The average Bonchev–Trinajstić information content (AvgIpc) is 2.91. The highest BCUT2D eigenvalue weighted by atomic mass is 32.2. The summed E-state index contributed by atoms with van der Waals surface area (Å²) < 4.78 is 4.54. The summed E-state index contributed by atoms with van der Waals surface area (Å²) in [7, 11) is 1.30. The molecule has 3 rings (SSSR count). The molecule has 0 aliphatic heterocycles. The smallest absolute Gasteiger partial charge is 0.413 e. The Morgan fingerprint density at radius 2 is 2.14 bits per heavy atom. The number of H-pyrrole nitrogens is 1. The quantitative estimate of drug-likeness (QED) is 0.644. The van der Waals surface area contributed by atoms with Crippen molar-refractivity contribution in [3.63, 3.8) is 0 Å². The van der Waals surface area contributed by atoms with Gasteiger partial charge in [0.15, 0.2) is 0 Å². The number of aromatic nitrogens is 2. The van der Waals surface area contributed by atoms with E-state index in [1.54, 1.807) is 11.8 Å². The average molecular weight is 314 g/mol. The summed E-state index contributed by atoms with van der Waals surface area (Å²) in [6.07, 6.45) is -0.564. The number of aromatic amines is 1. The van der Waals surface area contributed by atoms with E-state index in [1.165, 1.54) is 7.11 Å². The molecule has 0 fully saturated rings. The largest absolute Gasteiger partial charge is 0.453 e. The van der Waals surface area contributed by atoms with Crippen LogP contribution in [-0.2, 0) is 4.74 Å². The Morgan fingerprint density at radius 1 is 1.32 bits per heavy atom. The summed E-state index contributed by atoms with van der Waals surface area (Å²) in [6.45, 7) is 0. The van der Waals surface area contributed by atoms with Gasteiger partial charge in [-0.15, -0.1) is 0 Å². The molecule has 0 spiro atoms. The number of carbonyl (C=O) groups excluding carboxylic acids is 1. The van der Waals surface area contributed by atoms with Crippen molar-refractivity contribution in [2.24, 2.45) is 0 Å². The Hall–Kier alpha value is -2.67. The van der Waals surface area contributed by atoms with Gasteiger partial charge in [0.05, 0.1) is 18.1 Å². The highest BCUT2D eigenvalue weighted by Gasteiger charge is 2.08. The fourth-order valence-corrected chi connectivity index (χ4v) is 2.86. The van der Waals surface area contributed by atoms with Gasteiger partial charge in [-0.2, -0.15) is 0 Å². The molecular weight excluding hydrogens is 300 g/mol. The third-order valence-corrected chi connectivity index (χ3v) is 4.09. The van der Waals surface area contributed by atoms with Crippen molar-refractivity contribution in [2.45, 2.75) is 9.79 Å². The van der Waals surface area contributed by atoms with Crippen LogP contribution in [0.4, 0.5) is 16.4 Å². The molecule has 1 heterocycles. The van der Waals surface area contributed by atoms with Gasteiger partial charge in [0.25, 0.3) is 0 Å². The van der Waals surface area contributed by atoms with Crippen LogP contribution in [0.15, 0.2) is 52.3 Å². The zero-order chi connectivity index (χ0) is 15.5. The van der Waals surface area contributed by atoms with Crippen LogP contribution in [0.5, 0.6) is 0 Å². The third-order valence-electron chi connectivity index (χ3n) is 3.01. The van der Waals surface area contributed by atoms with Crippen molar-refractivity contribution in [1.29, 1.82) is 0 Å². The number of hydrogen-bond donors (Lipinski definition) is 3. The molecule has 0 saturated heterocycles. The molecule has 1 amide bonds. The van der Waals surface area contributed by atoms with Gasteiger partial charge in [-0.1, -0.05) is 23.9 Å². The van der Waals surface area contributed by atoms with E-state index >= 15 is 0 Å². The van der Waals surface area contributed by atoms with Crippen molar-refractivity contribution in [1.82, 2.24) is 9.97 Å². The van der Waals surface area contributed by atoms with E-state index in [0.29, 0.717) is 5.95 Å². The van der Waals surface area contributed by atoms with Crippen LogP contribution in [0.25, 0.3) is 11.0 Å². The molecule has 0 atom stereocenters. The number of nitrogen functional groups attached to an aromatic ring is 1. The second kappa shape index (κ2) is 5.98. The number of carbonyl (C=O) groups is 1. The van der Waals surface area contributed by atoms with E-state index in [1.807, 2.05) is 42.5 Å². The van der Waals surface area contributed by atoms with Crippen molar-refractivity contribution in [3.05, 3.63) is 42.5 Å². The monoisotopic (exact) mass is 314 g/mol. The van der Waals surface area contributed by atoms with Gasteiger partial charge < -0.3 is 15.5 Å². The molecule has 1 aromatic heterocycles. The SMILES string of the molecule is COC(=O)Nc1nc2ccc(Sc3ccccc3N)cc2[nH]1. The van der Waals surface area contributed by atoms with Gasteiger partial charge in [0.1, 0.15) is 0 Å². The summed E-state index contributed by atoms with van der Waals surface area (Å²) in [5.74, 6) is 0.350. The van der Waals surface area contributed by atoms with Crippen LogP contribution in [0.3, 0.4) is 0 Å². The zero-order valence-electron chi connectivity index (χ0n) is 11.8. The Labute approximate surface area is 131 Å². The van der Waals surface area contributed by atoms with Crippen molar-refractivity contribution in [2.75, 3.05) is 18.2 Å². The summed E-state index contributed by atoms with van der Waals surface area (Å²) in [6, 6.07) is 13.5. The van der Waals surface area contributed by atoms with Gasteiger partial charge in [-0.3, -0.25) is 5.32 Å². The zero-order valence-corrected chi connectivity index (χ0v) is 12.6. The van der Waals surface area contributed by atoms with E-state index in [4.69, 9.17) is 5.73 Å². The second-order valence-corrected chi connectivity index (χ2v) is 5.64. The van der Waals surface area contributed by atoms with Crippen LogP contribution in [0, 0.1) is 0 Å². The number of ether oxygens (including phenoxy) is 1. The standard InChI is InChI=1S/C15H14N4O2S/c1-21-15(20)19-14-17-11-7-6-9(8-12(11)18-14)22-13-5-3-2-4-10(13)16/h2-8H,16H2,1H3,(H2,17,18,19,20). The molecule has 4 N–H and O–H groups in total. The third kappa shape index (κ3) is 2.99. The molecule has 22 heavy (non-hydrogen) atoms. The number of nitrogens with two attached hydrogens (primary N) is 1. The molecule has 3 aromatic rings. The maximum Gasteiger partial charge on any atom is 0.413 e. The Kier molecular flexibility index (Phi) is 3.88. The first kappa shape index (κ1) is 14.3. The molecular formula is C15H14N4O2S. The summed E-state index contributed by atoms with van der Waals surface area (Å²) in [5.41, 5.74) is 8.28. The lowest BCUT2D eigenvalue weighted by atomic mass is 10.3.